The van der Waals surface area contributed by atoms with Gasteiger partial charge < -0.3 is 15.8 Å². The number of amides is 2. The van der Waals surface area contributed by atoms with Gasteiger partial charge >= 0.3 is 0 Å². The Morgan fingerprint density at radius 2 is 2.14 bits per heavy atom. The van der Waals surface area contributed by atoms with E-state index in [1.54, 1.807) is 25.1 Å². The number of hydrogen-bond donors (Lipinski definition) is 2. The Labute approximate surface area is 178 Å². The van der Waals surface area contributed by atoms with Gasteiger partial charge in [-0.2, -0.15) is 0 Å². The van der Waals surface area contributed by atoms with Crippen LogP contribution >= 0.6 is 34.5 Å². The highest BCUT2D eigenvalue weighted by Crippen LogP contribution is 2.40. The third-order valence-electron chi connectivity index (χ3n) is 4.99. The molecule has 0 spiro atoms. The molecule has 2 aromatic rings. The van der Waals surface area contributed by atoms with E-state index < -0.39 is 12.0 Å². The van der Waals surface area contributed by atoms with Crippen LogP contribution in [0, 0.1) is 5.92 Å². The summed E-state index contributed by atoms with van der Waals surface area (Å²) in [5.41, 5.74) is 7.02. The smallest absolute Gasteiger partial charge is 0.265 e. The van der Waals surface area contributed by atoms with E-state index in [0.717, 1.165) is 36.1 Å². The van der Waals surface area contributed by atoms with Gasteiger partial charge in [-0.25, -0.2) is 0 Å². The van der Waals surface area contributed by atoms with E-state index in [1.165, 1.54) is 11.3 Å². The van der Waals surface area contributed by atoms with Crippen molar-refractivity contribution in [1.82, 2.24) is 0 Å². The lowest BCUT2D eigenvalue weighted by molar-refractivity contribution is -0.122. The van der Waals surface area contributed by atoms with Gasteiger partial charge in [-0.1, -0.05) is 36.5 Å². The number of fused-ring (bicyclic) bond motifs is 1. The maximum absolute atomic E-state index is 12.7. The predicted octanol–water partition coefficient (Wildman–Crippen LogP) is 5.07. The van der Waals surface area contributed by atoms with Crippen LogP contribution in [0.3, 0.4) is 0 Å². The SMILES string of the molecule is CC[C@@H]1CCc2c(sc(NC(=O)[C@@H](C)Oc3ccc(Cl)cc3Cl)c2C(N)=O)C1. The molecule has 1 aliphatic rings. The van der Waals surface area contributed by atoms with Crippen molar-refractivity contribution in [3.63, 3.8) is 0 Å². The highest BCUT2D eigenvalue weighted by atomic mass is 35.5. The van der Waals surface area contributed by atoms with E-state index in [1.807, 2.05) is 0 Å². The standard InChI is InChI=1S/C20H22Cl2N2O3S/c1-3-11-4-6-13-16(8-11)28-20(17(13)18(23)25)24-19(26)10(2)27-15-7-5-12(21)9-14(15)22/h5,7,9-11H,3-4,6,8H2,1-2H3,(H2,23,25)(H,24,26)/t10-,11-/m1/s1. The Kier molecular flexibility index (Phi) is 6.53. The molecule has 1 aromatic heterocycles. The van der Waals surface area contributed by atoms with Crippen molar-refractivity contribution in [2.24, 2.45) is 11.7 Å². The zero-order chi connectivity index (χ0) is 20.4. The van der Waals surface area contributed by atoms with E-state index in [-0.39, 0.29) is 5.91 Å². The Hall–Kier alpha value is -1.76. The van der Waals surface area contributed by atoms with Gasteiger partial charge in [0.25, 0.3) is 11.8 Å². The first kappa shape index (κ1) is 21.0. The summed E-state index contributed by atoms with van der Waals surface area (Å²) in [4.78, 5) is 25.8. The molecule has 150 valence electrons. The summed E-state index contributed by atoms with van der Waals surface area (Å²) in [7, 11) is 0. The fourth-order valence-corrected chi connectivity index (χ4v) is 5.20. The number of thiophene rings is 1. The molecule has 0 aliphatic heterocycles. The molecule has 5 nitrogen and oxygen atoms in total. The van der Waals surface area contributed by atoms with Crippen LogP contribution in [0.15, 0.2) is 18.2 Å². The van der Waals surface area contributed by atoms with Crippen LogP contribution < -0.4 is 15.8 Å². The lowest BCUT2D eigenvalue weighted by Gasteiger charge is -2.20. The van der Waals surface area contributed by atoms with Gasteiger partial charge in [0, 0.05) is 9.90 Å². The second-order valence-corrected chi connectivity index (χ2v) is 8.86. The van der Waals surface area contributed by atoms with Crippen molar-refractivity contribution in [3.8, 4) is 5.75 Å². The van der Waals surface area contributed by atoms with Crippen LogP contribution in [0.25, 0.3) is 0 Å². The van der Waals surface area contributed by atoms with Crippen molar-refractivity contribution < 1.29 is 14.3 Å². The van der Waals surface area contributed by atoms with E-state index in [0.29, 0.717) is 32.3 Å². The van der Waals surface area contributed by atoms with E-state index in [2.05, 4.69) is 12.2 Å². The van der Waals surface area contributed by atoms with E-state index in [4.69, 9.17) is 33.7 Å². The normalized spacial score (nSPS) is 16.9. The molecule has 1 aromatic carbocycles. The monoisotopic (exact) mass is 440 g/mol. The van der Waals surface area contributed by atoms with Gasteiger partial charge in [-0.15, -0.1) is 11.3 Å². The molecule has 0 saturated carbocycles. The first-order valence-electron chi connectivity index (χ1n) is 9.17. The number of primary amides is 1. The molecule has 3 rings (SSSR count). The van der Waals surface area contributed by atoms with Crippen LogP contribution in [0.1, 0.15) is 47.5 Å². The number of nitrogens with one attached hydrogen (secondary N) is 1. The summed E-state index contributed by atoms with van der Waals surface area (Å²) in [6.45, 7) is 3.78. The molecule has 28 heavy (non-hydrogen) atoms. The van der Waals surface area contributed by atoms with Gasteiger partial charge in [0.05, 0.1) is 10.6 Å². The van der Waals surface area contributed by atoms with Crippen molar-refractivity contribution in [2.45, 2.75) is 45.6 Å². The molecule has 1 aliphatic carbocycles. The quantitative estimate of drug-likeness (QED) is 0.657. The lowest BCUT2D eigenvalue weighted by atomic mass is 9.85. The largest absolute Gasteiger partial charge is 0.479 e. The van der Waals surface area contributed by atoms with Crippen molar-refractivity contribution in [2.75, 3.05) is 5.32 Å². The fraction of sp³-hybridized carbons (Fsp3) is 0.400. The number of halogens is 2. The molecule has 0 bridgehead atoms. The minimum Gasteiger partial charge on any atom is -0.479 e. The molecule has 0 saturated heterocycles. The number of carbonyl (C=O) groups excluding carboxylic acids is 2. The zero-order valence-electron chi connectivity index (χ0n) is 15.7. The van der Waals surface area contributed by atoms with Crippen molar-refractivity contribution in [1.29, 1.82) is 0 Å². The summed E-state index contributed by atoms with van der Waals surface area (Å²) < 4.78 is 5.66. The highest BCUT2D eigenvalue weighted by Gasteiger charge is 2.29. The molecule has 0 fully saturated rings. The maximum atomic E-state index is 12.7. The van der Waals surface area contributed by atoms with Gasteiger partial charge in [0.2, 0.25) is 0 Å². The minimum atomic E-state index is -0.818. The number of anilines is 1. The maximum Gasteiger partial charge on any atom is 0.265 e. The van der Waals surface area contributed by atoms with Gasteiger partial charge in [0.15, 0.2) is 6.10 Å². The molecule has 2 amide bonds. The van der Waals surface area contributed by atoms with Crippen LogP contribution in [0.5, 0.6) is 5.75 Å². The van der Waals surface area contributed by atoms with Crippen LogP contribution in [0.2, 0.25) is 10.0 Å². The third kappa shape index (κ3) is 4.45. The van der Waals surface area contributed by atoms with Crippen LogP contribution in [0.4, 0.5) is 5.00 Å². The Balaban J connectivity index is 1.78. The topological polar surface area (TPSA) is 81.4 Å². The molecule has 8 heteroatoms. The summed E-state index contributed by atoms with van der Waals surface area (Å²) in [6, 6.07) is 4.79. The second kappa shape index (κ2) is 8.72. The molecular weight excluding hydrogens is 419 g/mol. The van der Waals surface area contributed by atoms with Crippen molar-refractivity contribution >= 4 is 51.4 Å². The average Bonchev–Trinajstić information content (AvgIpc) is 3.00. The summed E-state index contributed by atoms with van der Waals surface area (Å²) in [5, 5.41) is 4.12. The fourth-order valence-electron chi connectivity index (χ4n) is 3.38. The van der Waals surface area contributed by atoms with E-state index in [9.17, 15) is 9.59 Å². The minimum absolute atomic E-state index is 0.321. The molecule has 0 unspecified atom stereocenters. The molecule has 3 N–H and O–H groups in total. The highest BCUT2D eigenvalue weighted by molar-refractivity contribution is 7.17. The van der Waals surface area contributed by atoms with Crippen molar-refractivity contribution in [3.05, 3.63) is 44.2 Å². The lowest BCUT2D eigenvalue weighted by Crippen LogP contribution is -2.30. The molecule has 0 radical (unpaired) electrons. The summed E-state index contributed by atoms with van der Waals surface area (Å²) in [6.07, 6.45) is 3.03. The first-order chi connectivity index (χ1) is 13.3. The number of ether oxygens (including phenoxy) is 1. The number of benzene rings is 1. The Morgan fingerprint density at radius 1 is 1.39 bits per heavy atom. The van der Waals surface area contributed by atoms with Gasteiger partial charge in [-0.3, -0.25) is 9.59 Å². The Morgan fingerprint density at radius 3 is 2.79 bits per heavy atom. The predicted molar refractivity (Wildman–Crippen MR) is 114 cm³/mol. The second-order valence-electron chi connectivity index (χ2n) is 6.91. The van der Waals surface area contributed by atoms with Gasteiger partial charge in [0.1, 0.15) is 10.8 Å². The Bertz CT molecular complexity index is 913. The molecule has 1 heterocycles. The zero-order valence-corrected chi connectivity index (χ0v) is 18.0. The number of carbonyl (C=O) groups is 2. The average molecular weight is 441 g/mol. The van der Waals surface area contributed by atoms with Gasteiger partial charge in [-0.05, 0) is 55.9 Å². The first-order valence-corrected chi connectivity index (χ1v) is 10.7. The third-order valence-corrected chi connectivity index (χ3v) is 6.69. The number of hydrogen-bond acceptors (Lipinski definition) is 4. The number of nitrogens with two attached hydrogens (primary N) is 1. The van der Waals surface area contributed by atoms with E-state index >= 15 is 0 Å². The van der Waals surface area contributed by atoms with Crippen LogP contribution in [-0.2, 0) is 17.6 Å². The van der Waals surface area contributed by atoms with Crippen LogP contribution in [-0.4, -0.2) is 17.9 Å². The number of rotatable bonds is 6. The summed E-state index contributed by atoms with van der Waals surface area (Å²) >= 11 is 13.4. The molecular formula is C20H22Cl2N2O3S. The summed E-state index contributed by atoms with van der Waals surface area (Å²) in [5.74, 6) is 0.0704. The molecule has 2 atom stereocenters.